The van der Waals surface area contributed by atoms with Crippen LogP contribution in [0.25, 0.3) is 0 Å². The molecule has 1 N–H and O–H groups in total. The summed E-state index contributed by atoms with van der Waals surface area (Å²) in [6.45, 7) is 3.45. The van der Waals surface area contributed by atoms with Gasteiger partial charge in [0.15, 0.2) is 17.3 Å². The molecule has 5 atom stereocenters. The van der Waals surface area contributed by atoms with Gasteiger partial charge in [0, 0.05) is 67.6 Å². The number of benzene rings is 2. The van der Waals surface area contributed by atoms with Crippen LogP contribution in [0.2, 0.25) is 0 Å². The van der Waals surface area contributed by atoms with Crippen LogP contribution in [0.1, 0.15) is 86.2 Å². The van der Waals surface area contributed by atoms with E-state index in [4.69, 9.17) is 9.47 Å². The van der Waals surface area contributed by atoms with Crippen molar-refractivity contribution in [2.75, 3.05) is 20.1 Å². The number of hydrogen-bond donors (Lipinski definition) is 1. The Bertz CT molecular complexity index is 1440. The Morgan fingerprint density at radius 1 is 1.09 bits per heavy atom. The van der Waals surface area contributed by atoms with Gasteiger partial charge >= 0.3 is 5.97 Å². The van der Waals surface area contributed by atoms with E-state index in [1.54, 1.807) is 6.07 Å². The van der Waals surface area contributed by atoms with E-state index in [0.29, 0.717) is 49.0 Å². The number of piperidine rings is 1. The molecule has 228 valence electrons. The number of amides is 1. The van der Waals surface area contributed by atoms with E-state index in [0.717, 1.165) is 55.8 Å². The lowest BCUT2D eigenvalue weighted by Crippen LogP contribution is -2.69. The minimum atomic E-state index is -0.453. The third-order valence-corrected chi connectivity index (χ3v) is 11.0. The van der Waals surface area contributed by atoms with Crippen molar-refractivity contribution in [2.24, 2.45) is 11.8 Å². The van der Waals surface area contributed by atoms with Gasteiger partial charge in [-0.15, -0.1) is 0 Å². The van der Waals surface area contributed by atoms with Gasteiger partial charge in [0.1, 0.15) is 11.9 Å². The van der Waals surface area contributed by atoms with E-state index in [-0.39, 0.29) is 40.8 Å². The molecule has 7 rings (SSSR count). The Balaban J connectivity index is 1.12. The molecule has 2 aromatic carbocycles. The quantitative estimate of drug-likeness (QED) is 0.180. The molecule has 8 heteroatoms. The Kier molecular flexibility index (Phi) is 7.23. The summed E-state index contributed by atoms with van der Waals surface area (Å²) in [5.74, 6) is 1.89. The normalized spacial score (nSPS) is 28.5. The molecular formula is C35H42N2O6. The molecule has 5 aliphatic rings. The van der Waals surface area contributed by atoms with Gasteiger partial charge in [-0.3, -0.25) is 19.3 Å². The Morgan fingerprint density at radius 3 is 2.60 bits per heavy atom. The predicted molar refractivity (Wildman–Crippen MR) is 160 cm³/mol. The fraction of sp³-hybridized carbons (Fsp3) is 0.571. The minimum absolute atomic E-state index is 0.0633. The van der Waals surface area contributed by atoms with Crippen LogP contribution in [0.3, 0.4) is 0 Å². The summed E-state index contributed by atoms with van der Waals surface area (Å²) >= 11 is 0. The van der Waals surface area contributed by atoms with Gasteiger partial charge in [0.25, 0.3) is 0 Å². The van der Waals surface area contributed by atoms with Gasteiger partial charge in [0.2, 0.25) is 5.91 Å². The third-order valence-electron chi connectivity index (χ3n) is 11.0. The van der Waals surface area contributed by atoms with Crippen molar-refractivity contribution >= 4 is 17.7 Å². The molecule has 1 spiro atoms. The van der Waals surface area contributed by atoms with E-state index < -0.39 is 5.97 Å². The first-order valence-corrected chi connectivity index (χ1v) is 16.1. The number of likely N-dealkylation sites (N-methyl/N-ethyl adjacent to an activating group) is 1. The number of ether oxygens (including phenoxy) is 2. The van der Waals surface area contributed by atoms with E-state index >= 15 is 0 Å². The number of phenols is 1. The molecule has 3 aliphatic carbocycles. The van der Waals surface area contributed by atoms with Gasteiger partial charge < -0.3 is 19.5 Å². The molecule has 2 aromatic rings. The highest BCUT2D eigenvalue weighted by atomic mass is 16.6. The second-order valence-electron chi connectivity index (χ2n) is 13.5. The SMILES string of the molecule is CC(=O)Oc1cc(O)c2c3c1O[C@H]1[C@H](N(C)C(=O)CCCCC(=O)c4ccccc4)CC[C@H]4[C@@H](C2)N(CC2CC2)CC[C@@]341. The van der Waals surface area contributed by atoms with E-state index in [2.05, 4.69) is 4.90 Å². The van der Waals surface area contributed by atoms with Gasteiger partial charge in [0.05, 0.1) is 6.04 Å². The van der Waals surface area contributed by atoms with Crippen molar-refractivity contribution in [1.29, 1.82) is 0 Å². The predicted octanol–water partition coefficient (Wildman–Crippen LogP) is 5.04. The molecule has 3 fully saturated rings. The van der Waals surface area contributed by atoms with Crippen LogP contribution >= 0.6 is 0 Å². The number of Topliss-reactive ketones (excluding diaryl/α,β-unsaturated/α-hetero) is 1. The van der Waals surface area contributed by atoms with Crippen LogP contribution < -0.4 is 9.47 Å². The Morgan fingerprint density at radius 2 is 1.86 bits per heavy atom. The molecule has 2 bridgehead atoms. The number of carbonyl (C=O) groups excluding carboxylic acids is 3. The first kappa shape index (κ1) is 28.4. The highest BCUT2D eigenvalue weighted by Crippen LogP contribution is 2.65. The summed E-state index contributed by atoms with van der Waals surface area (Å²) in [6, 6.07) is 11.1. The van der Waals surface area contributed by atoms with Crippen molar-refractivity contribution in [3.8, 4) is 17.2 Å². The molecule has 43 heavy (non-hydrogen) atoms. The standard InChI is InChI=1S/C35H42N2O6/c1-21(38)42-30-19-29(40)24-18-27-25-14-15-26(36(2)31(41)11-7-6-10-28(39)23-8-4-3-5-9-23)34-35(25,32(24)33(30)43-34)16-17-37(27)20-22-12-13-22/h3-5,8-9,19,22,25-27,34,40H,6-7,10-18,20H2,1-2H3/t25-,26+,27+,34-,35-/m0/s1. The van der Waals surface area contributed by atoms with Crippen molar-refractivity contribution < 1.29 is 29.0 Å². The topological polar surface area (TPSA) is 96.4 Å². The van der Waals surface area contributed by atoms with Crippen molar-refractivity contribution in [2.45, 2.75) is 94.7 Å². The van der Waals surface area contributed by atoms with Crippen LogP contribution in [0.15, 0.2) is 36.4 Å². The molecule has 0 unspecified atom stereocenters. The number of esters is 1. The van der Waals surface area contributed by atoms with Crippen LogP contribution in [0.4, 0.5) is 0 Å². The lowest BCUT2D eigenvalue weighted by Gasteiger charge is -2.60. The summed E-state index contributed by atoms with van der Waals surface area (Å²) in [5.41, 5.74) is 2.33. The fourth-order valence-corrected chi connectivity index (χ4v) is 8.83. The first-order chi connectivity index (χ1) is 20.8. The maximum atomic E-state index is 13.6. The third kappa shape index (κ3) is 4.82. The first-order valence-electron chi connectivity index (χ1n) is 16.1. The molecule has 1 amide bonds. The molecule has 2 saturated carbocycles. The lowest BCUT2D eigenvalue weighted by atomic mass is 9.50. The number of ketones is 1. The second kappa shape index (κ2) is 11.0. The number of hydrogen-bond acceptors (Lipinski definition) is 7. The zero-order valence-corrected chi connectivity index (χ0v) is 25.2. The van der Waals surface area contributed by atoms with Crippen molar-refractivity contribution in [3.63, 3.8) is 0 Å². The molecular weight excluding hydrogens is 544 g/mol. The van der Waals surface area contributed by atoms with Crippen molar-refractivity contribution in [3.05, 3.63) is 53.1 Å². The molecule has 0 aromatic heterocycles. The smallest absolute Gasteiger partial charge is 0.308 e. The summed E-state index contributed by atoms with van der Waals surface area (Å²) in [6.07, 6.45) is 7.97. The molecule has 8 nitrogen and oxygen atoms in total. The number of unbranched alkanes of at least 4 members (excludes halogenated alkanes) is 1. The molecule has 2 heterocycles. The van der Waals surface area contributed by atoms with Crippen LogP contribution in [0.5, 0.6) is 17.2 Å². The summed E-state index contributed by atoms with van der Waals surface area (Å²) in [5, 5.41) is 11.3. The van der Waals surface area contributed by atoms with E-state index in [1.807, 2.05) is 42.3 Å². The number of phenolic OH excluding ortho intramolecular Hbond substituents is 1. The monoisotopic (exact) mass is 586 g/mol. The fourth-order valence-electron chi connectivity index (χ4n) is 8.83. The van der Waals surface area contributed by atoms with Gasteiger partial charge in [-0.2, -0.15) is 0 Å². The number of carbonyl (C=O) groups is 3. The zero-order chi connectivity index (χ0) is 29.9. The highest BCUT2D eigenvalue weighted by Gasteiger charge is 2.67. The average Bonchev–Trinajstić information content (AvgIpc) is 3.75. The molecule has 1 saturated heterocycles. The van der Waals surface area contributed by atoms with Crippen LogP contribution in [-0.4, -0.2) is 70.9 Å². The number of likely N-dealkylation sites (tertiary alicyclic amines) is 1. The van der Waals surface area contributed by atoms with Gasteiger partial charge in [-0.1, -0.05) is 30.3 Å². The highest BCUT2D eigenvalue weighted by molar-refractivity contribution is 5.96. The number of aromatic hydroxyl groups is 1. The van der Waals surface area contributed by atoms with Gasteiger partial charge in [-0.25, -0.2) is 0 Å². The zero-order valence-electron chi connectivity index (χ0n) is 25.2. The Hall–Kier alpha value is -3.39. The molecule has 0 radical (unpaired) electrons. The van der Waals surface area contributed by atoms with Crippen LogP contribution in [-0.2, 0) is 21.4 Å². The number of rotatable bonds is 10. The lowest BCUT2D eigenvalue weighted by molar-refractivity contribution is -0.140. The Labute approximate surface area is 253 Å². The van der Waals surface area contributed by atoms with Crippen molar-refractivity contribution in [1.82, 2.24) is 9.80 Å². The minimum Gasteiger partial charge on any atom is -0.508 e. The maximum Gasteiger partial charge on any atom is 0.308 e. The van der Waals surface area contributed by atoms with E-state index in [1.165, 1.54) is 19.8 Å². The largest absolute Gasteiger partial charge is 0.508 e. The van der Waals surface area contributed by atoms with Crippen LogP contribution in [0, 0.1) is 11.8 Å². The average molecular weight is 587 g/mol. The maximum absolute atomic E-state index is 13.6. The summed E-state index contributed by atoms with van der Waals surface area (Å²) < 4.78 is 12.4. The second-order valence-corrected chi connectivity index (χ2v) is 13.5. The summed E-state index contributed by atoms with van der Waals surface area (Å²) in [4.78, 5) is 42.7. The molecule has 2 aliphatic heterocycles. The van der Waals surface area contributed by atoms with Gasteiger partial charge in [-0.05, 0) is 69.7 Å². The summed E-state index contributed by atoms with van der Waals surface area (Å²) in [7, 11) is 1.89. The van der Waals surface area contributed by atoms with E-state index in [9.17, 15) is 19.5 Å². The number of nitrogens with zero attached hydrogens (tertiary/aromatic N) is 2.